The van der Waals surface area contributed by atoms with E-state index in [1.165, 1.54) is 16.7 Å². The number of sulfonamides is 1. The highest BCUT2D eigenvalue weighted by molar-refractivity contribution is 7.92. The van der Waals surface area contributed by atoms with E-state index in [4.69, 9.17) is 16.0 Å². The van der Waals surface area contributed by atoms with Gasteiger partial charge in [-0.1, -0.05) is 29.8 Å². The summed E-state index contributed by atoms with van der Waals surface area (Å²) in [7, 11) is -3.94. The van der Waals surface area contributed by atoms with Crippen molar-refractivity contribution in [1.82, 2.24) is 4.57 Å². The van der Waals surface area contributed by atoms with E-state index >= 15 is 0 Å². The molecule has 0 spiro atoms. The van der Waals surface area contributed by atoms with Crippen LogP contribution in [0.15, 0.2) is 44.4 Å². The number of benzene rings is 2. The van der Waals surface area contributed by atoms with E-state index in [1.807, 2.05) is 32.0 Å². The monoisotopic (exact) mass is 380 g/mol. The minimum Gasteiger partial charge on any atom is -0.408 e. The molecule has 0 amide bonds. The smallest absolute Gasteiger partial charge is 0.408 e. The first-order valence-electron chi connectivity index (χ1n) is 7.66. The van der Waals surface area contributed by atoms with E-state index in [2.05, 4.69) is 4.72 Å². The molecule has 2 aromatic carbocycles. The number of aromatic nitrogens is 1. The van der Waals surface area contributed by atoms with E-state index < -0.39 is 15.8 Å². The van der Waals surface area contributed by atoms with Crippen molar-refractivity contribution in [3.8, 4) is 0 Å². The van der Waals surface area contributed by atoms with Crippen LogP contribution in [0.4, 0.5) is 5.69 Å². The molecule has 132 valence electrons. The number of nitrogens with one attached hydrogen (secondary N) is 1. The lowest BCUT2D eigenvalue weighted by atomic mass is 10.1. The fourth-order valence-corrected chi connectivity index (χ4v) is 4.48. The van der Waals surface area contributed by atoms with Gasteiger partial charge in [-0.15, -0.1) is 0 Å². The number of nitrogens with zero attached hydrogens (tertiary/aromatic N) is 1. The third-order valence-corrected chi connectivity index (χ3v) is 5.86. The van der Waals surface area contributed by atoms with E-state index in [0.29, 0.717) is 17.7 Å². The summed E-state index contributed by atoms with van der Waals surface area (Å²) in [5.74, 6) is -0.550. The molecule has 6 nitrogen and oxygen atoms in total. The molecule has 0 atom stereocenters. The molecular weight excluding hydrogens is 364 g/mol. The second-order valence-corrected chi connectivity index (χ2v) is 7.79. The maximum absolute atomic E-state index is 12.8. The first-order chi connectivity index (χ1) is 11.7. The summed E-state index contributed by atoms with van der Waals surface area (Å²) in [5.41, 5.74) is 2.74. The summed E-state index contributed by atoms with van der Waals surface area (Å²) in [6.45, 7) is 5.82. The molecule has 0 aliphatic rings. The number of oxazole rings is 1. The van der Waals surface area contributed by atoms with Gasteiger partial charge in [-0.2, -0.15) is 0 Å². The molecule has 1 heterocycles. The van der Waals surface area contributed by atoms with Crippen LogP contribution in [0, 0.1) is 13.8 Å². The van der Waals surface area contributed by atoms with E-state index in [-0.39, 0.29) is 15.5 Å². The third-order valence-electron chi connectivity index (χ3n) is 4.05. The fraction of sp³-hybridized carbons (Fsp3) is 0.235. The maximum Gasteiger partial charge on any atom is 0.419 e. The van der Waals surface area contributed by atoms with Gasteiger partial charge in [0, 0.05) is 12.6 Å². The molecule has 3 rings (SSSR count). The van der Waals surface area contributed by atoms with Crippen molar-refractivity contribution >= 4 is 38.4 Å². The van der Waals surface area contributed by atoms with Crippen LogP contribution in [-0.4, -0.2) is 13.0 Å². The van der Waals surface area contributed by atoms with Gasteiger partial charge in [0.2, 0.25) is 0 Å². The highest BCUT2D eigenvalue weighted by Crippen LogP contribution is 2.30. The molecule has 3 aromatic rings. The molecule has 0 saturated carbocycles. The molecule has 0 unspecified atom stereocenters. The minimum absolute atomic E-state index is 0.0224. The SMILES string of the molecule is CCn1c(=O)oc2cc(S(=O)(=O)Nc3c(C)cccc3C)c(Cl)cc21. The second-order valence-electron chi connectivity index (χ2n) is 5.73. The number of halogens is 1. The maximum atomic E-state index is 12.8. The van der Waals surface area contributed by atoms with Gasteiger partial charge in [0.25, 0.3) is 10.0 Å². The second kappa shape index (κ2) is 6.24. The molecule has 1 N–H and O–H groups in total. The first kappa shape index (κ1) is 17.6. The molecule has 0 aliphatic carbocycles. The number of para-hydroxylation sites is 1. The van der Waals surface area contributed by atoms with Gasteiger partial charge in [0.1, 0.15) is 4.90 Å². The summed E-state index contributed by atoms with van der Waals surface area (Å²) in [4.78, 5) is 11.7. The fourth-order valence-electron chi connectivity index (χ4n) is 2.73. The van der Waals surface area contributed by atoms with Crippen LogP contribution in [0.1, 0.15) is 18.1 Å². The Morgan fingerprint density at radius 1 is 1.20 bits per heavy atom. The number of anilines is 1. The van der Waals surface area contributed by atoms with Crippen LogP contribution in [0.2, 0.25) is 5.02 Å². The number of hydrogen-bond donors (Lipinski definition) is 1. The predicted molar refractivity (Wildman–Crippen MR) is 97.9 cm³/mol. The quantitative estimate of drug-likeness (QED) is 0.748. The highest BCUT2D eigenvalue weighted by atomic mass is 35.5. The largest absolute Gasteiger partial charge is 0.419 e. The molecular formula is C17H17ClN2O4S. The Hall–Kier alpha value is -2.25. The lowest BCUT2D eigenvalue weighted by molar-refractivity contribution is 0.512. The Balaban J connectivity index is 2.14. The van der Waals surface area contributed by atoms with Gasteiger partial charge >= 0.3 is 5.76 Å². The van der Waals surface area contributed by atoms with Crippen LogP contribution in [0.25, 0.3) is 11.1 Å². The predicted octanol–water partition coefficient (Wildman–Crippen LogP) is 3.69. The third kappa shape index (κ3) is 3.05. The minimum atomic E-state index is -3.94. The highest BCUT2D eigenvalue weighted by Gasteiger charge is 2.22. The Kier molecular flexibility index (Phi) is 4.38. The van der Waals surface area contributed by atoms with Crippen molar-refractivity contribution in [2.75, 3.05) is 4.72 Å². The Morgan fingerprint density at radius 3 is 2.44 bits per heavy atom. The van der Waals surface area contributed by atoms with E-state index in [0.717, 1.165) is 11.1 Å². The summed E-state index contributed by atoms with van der Waals surface area (Å²) in [6, 6.07) is 8.20. The number of hydrogen-bond acceptors (Lipinski definition) is 4. The zero-order chi connectivity index (χ0) is 18.4. The lowest BCUT2D eigenvalue weighted by Crippen LogP contribution is -2.15. The summed E-state index contributed by atoms with van der Waals surface area (Å²) in [6.07, 6.45) is 0. The summed E-state index contributed by atoms with van der Waals surface area (Å²) >= 11 is 6.20. The van der Waals surface area contributed by atoms with Crippen molar-refractivity contribution in [1.29, 1.82) is 0 Å². The molecule has 0 aliphatic heterocycles. The topological polar surface area (TPSA) is 81.3 Å². The average molecular weight is 381 g/mol. The molecule has 0 bridgehead atoms. The molecule has 0 radical (unpaired) electrons. The Bertz CT molecular complexity index is 1110. The van der Waals surface area contributed by atoms with Crippen molar-refractivity contribution in [3.63, 3.8) is 0 Å². The molecule has 0 saturated heterocycles. The van der Waals surface area contributed by atoms with Gasteiger partial charge in [-0.05, 0) is 38.0 Å². The molecule has 0 fully saturated rings. The molecule has 1 aromatic heterocycles. The first-order valence-corrected chi connectivity index (χ1v) is 9.52. The van der Waals surface area contributed by atoms with Gasteiger partial charge in [0.15, 0.2) is 5.58 Å². The Morgan fingerprint density at radius 2 is 1.84 bits per heavy atom. The number of fused-ring (bicyclic) bond motifs is 1. The van der Waals surface area contributed by atoms with Gasteiger partial charge in [-0.25, -0.2) is 13.2 Å². The molecule has 8 heteroatoms. The van der Waals surface area contributed by atoms with Crippen LogP contribution in [-0.2, 0) is 16.6 Å². The van der Waals surface area contributed by atoms with Crippen molar-refractivity contribution in [2.24, 2.45) is 0 Å². The standard InChI is InChI=1S/C17H17ClN2O4S/c1-4-20-13-8-12(18)15(9-14(13)24-17(20)21)25(22,23)19-16-10(2)6-5-7-11(16)3/h5-9,19H,4H2,1-3H3. The average Bonchev–Trinajstić information content (AvgIpc) is 2.84. The zero-order valence-corrected chi connectivity index (χ0v) is 15.5. The molecule has 25 heavy (non-hydrogen) atoms. The Labute approximate surface area is 150 Å². The van der Waals surface area contributed by atoms with E-state index in [1.54, 1.807) is 6.92 Å². The normalized spacial score (nSPS) is 11.8. The van der Waals surface area contributed by atoms with Gasteiger partial charge in [-0.3, -0.25) is 9.29 Å². The summed E-state index contributed by atoms with van der Waals surface area (Å²) in [5, 5.41) is 0.0224. The number of aryl methyl sites for hydroxylation is 3. The van der Waals surface area contributed by atoms with Crippen LogP contribution < -0.4 is 10.5 Å². The summed E-state index contributed by atoms with van der Waals surface area (Å²) < 4.78 is 34.7. The van der Waals surface area contributed by atoms with Crippen molar-refractivity contribution in [3.05, 3.63) is 57.0 Å². The van der Waals surface area contributed by atoms with Gasteiger partial charge in [0.05, 0.1) is 16.2 Å². The van der Waals surface area contributed by atoms with Crippen molar-refractivity contribution < 1.29 is 12.8 Å². The lowest BCUT2D eigenvalue weighted by Gasteiger charge is -2.14. The number of rotatable bonds is 4. The van der Waals surface area contributed by atoms with E-state index in [9.17, 15) is 13.2 Å². The zero-order valence-electron chi connectivity index (χ0n) is 14.0. The van der Waals surface area contributed by atoms with Crippen LogP contribution >= 0.6 is 11.6 Å². The van der Waals surface area contributed by atoms with Crippen LogP contribution in [0.5, 0.6) is 0 Å². The van der Waals surface area contributed by atoms with Crippen molar-refractivity contribution in [2.45, 2.75) is 32.2 Å². The van der Waals surface area contributed by atoms with Gasteiger partial charge < -0.3 is 4.42 Å². The van der Waals surface area contributed by atoms with Crippen LogP contribution in [0.3, 0.4) is 0 Å².